The monoisotopic (exact) mass is 192 g/mol. The number of urea groups is 1. The van der Waals surface area contributed by atoms with E-state index < -0.39 is 11.9 Å². The molecule has 12 heavy (non-hydrogen) atoms. The summed E-state index contributed by atoms with van der Waals surface area (Å²) in [4.78, 5) is 20.9. The molecule has 0 aromatic rings. The van der Waals surface area contributed by atoms with Crippen LogP contribution < -0.4 is 11.1 Å². The highest BCUT2D eigenvalue weighted by molar-refractivity contribution is 8.00. The van der Waals surface area contributed by atoms with Gasteiger partial charge in [0, 0.05) is 5.25 Å². The van der Waals surface area contributed by atoms with Gasteiger partial charge in [-0.3, -0.25) is 10.1 Å². The van der Waals surface area contributed by atoms with E-state index >= 15 is 0 Å². The second-order valence-corrected chi connectivity index (χ2v) is 3.64. The molecule has 0 bridgehead atoms. The number of thioether (sulfide) groups is 1. The average Bonchev–Trinajstić information content (AvgIpc) is 1.99. The van der Waals surface area contributed by atoms with Gasteiger partial charge in [0.05, 0.1) is 12.4 Å². The number of nitrogens with two attached hydrogens (primary N) is 1. The minimum absolute atomic E-state index is 0.00845. The van der Waals surface area contributed by atoms with Crippen molar-refractivity contribution in [3.8, 4) is 0 Å². The molecule has 0 fully saturated rings. The highest BCUT2D eigenvalue weighted by atomic mass is 32.2. The number of carbonyl (C=O) groups is 2. The normalized spacial score (nSPS) is 12.2. The lowest BCUT2D eigenvalue weighted by Crippen LogP contribution is -2.36. The van der Waals surface area contributed by atoms with Gasteiger partial charge in [0.25, 0.3) is 0 Å². The highest BCUT2D eigenvalue weighted by Gasteiger charge is 2.06. The van der Waals surface area contributed by atoms with E-state index in [1.165, 1.54) is 11.8 Å². The largest absolute Gasteiger partial charge is 0.395 e. The Morgan fingerprint density at radius 2 is 2.25 bits per heavy atom. The summed E-state index contributed by atoms with van der Waals surface area (Å²) in [7, 11) is 0. The lowest BCUT2D eigenvalue weighted by atomic mass is 10.5. The molecule has 0 heterocycles. The molecule has 70 valence electrons. The molecule has 5 nitrogen and oxygen atoms in total. The summed E-state index contributed by atoms with van der Waals surface area (Å²) in [5.74, 6) is -0.308. The molecular formula is C6H12N2O3S. The quantitative estimate of drug-likeness (QED) is 0.549. The number of aliphatic hydroxyl groups excluding tert-OH is 1. The predicted molar refractivity (Wildman–Crippen MR) is 46.7 cm³/mol. The Morgan fingerprint density at radius 1 is 1.67 bits per heavy atom. The minimum Gasteiger partial charge on any atom is -0.395 e. The first-order chi connectivity index (χ1) is 5.56. The number of hydrogen-bond acceptors (Lipinski definition) is 4. The van der Waals surface area contributed by atoms with E-state index in [0.717, 1.165) is 0 Å². The van der Waals surface area contributed by atoms with Crippen molar-refractivity contribution in [2.24, 2.45) is 5.73 Å². The van der Waals surface area contributed by atoms with Crippen molar-refractivity contribution >= 4 is 23.7 Å². The smallest absolute Gasteiger partial charge is 0.318 e. The van der Waals surface area contributed by atoms with Crippen LogP contribution in [0.3, 0.4) is 0 Å². The van der Waals surface area contributed by atoms with Crippen LogP contribution in [0, 0.1) is 0 Å². The van der Waals surface area contributed by atoms with Crippen molar-refractivity contribution < 1.29 is 14.7 Å². The fourth-order valence-corrected chi connectivity index (χ4v) is 1.06. The molecule has 0 spiro atoms. The number of aliphatic hydroxyl groups is 1. The van der Waals surface area contributed by atoms with Crippen LogP contribution in [0.5, 0.6) is 0 Å². The van der Waals surface area contributed by atoms with E-state index in [4.69, 9.17) is 10.8 Å². The summed E-state index contributed by atoms with van der Waals surface area (Å²) in [6, 6.07) is -0.850. The van der Waals surface area contributed by atoms with Crippen LogP contribution in [-0.4, -0.2) is 34.7 Å². The summed E-state index contributed by atoms with van der Waals surface area (Å²) in [5.41, 5.74) is 4.70. The van der Waals surface area contributed by atoms with Crippen LogP contribution in [-0.2, 0) is 4.79 Å². The zero-order chi connectivity index (χ0) is 9.56. The Hall–Kier alpha value is -0.750. The van der Waals surface area contributed by atoms with E-state index in [1.807, 2.05) is 5.32 Å². The van der Waals surface area contributed by atoms with Crippen LogP contribution >= 0.6 is 11.8 Å². The zero-order valence-electron chi connectivity index (χ0n) is 6.74. The summed E-state index contributed by atoms with van der Waals surface area (Å²) < 4.78 is 0. The molecule has 0 aromatic heterocycles. The maximum Gasteiger partial charge on any atom is 0.318 e. The SMILES string of the molecule is CC(CO)SCC(=O)NC(N)=O. The number of amides is 3. The molecule has 0 aliphatic carbocycles. The molecule has 1 atom stereocenters. The molecule has 1 unspecified atom stereocenters. The minimum atomic E-state index is -0.850. The lowest BCUT2D eigenvalue weighted by molar-refractivity contribution is -0.117. The molecule has 4 N–H and O–H groups in total. The van der Waals surface area contributed by atoms with Gasteiger partial charge in [-0.2, -0.15) is 0 Å². The molecular weight excluding hydrogens is 180 g/mol. The summed E-state index contributed by atoms with van der Waals surface area (Å²) in [5, 5.41) is 10.5. The molecule has 0 saturated carbocycles. The van der Waals surface area contributed by atoms with Gasteiger partial charge in [-0.15, -0.1) is 11.8 Å². The van der Waals surface area contributed by atoms with Crippen LogP contribution in [0.1, 0.15) is 6.92 Å². The molecule has 0 rings (SSSR count). The summed E-state index contributed by atoms with van der Waals surface area (Å²) >= 11 is 1.26. The van der Waals surface area contributed by atoms with Crippen molar-refractivity contribution in [1.82, 2.24) is 5.32 Å². The number of carbonyl (C=O) groups excluding carboxylic acids is 2. The lowest BCUT2D eigenvalue weighted by Gasteiger charge is -2.05. The Kier molecular flexibility index (Phi) is 5.48. The van der Waals surface area contributed by atoms with Gasteiger partial charge in [-0.05, 0) is 0 Å². The van der Waals surface area contributed by atoms with Crippen molar-refractivity contribution in [3.63, 3.8) is 0 Å². The fraction of sp³-hybridized carbons (Fsp3) is 0.667. The molecule has 0 radical (unpaired) electrons. The number of imide groups is 1. The van der Waals surface area contributed by atoms with Crippen molar-refractivity contribution in [2.45, 2.75) is 12.2 Å². The third kappa shape index (κ3) is 5.99. The van der Waals surface area contributed by atoms with E-state index in [2.05, 4.69) is 0 Å². The highest BCUT2D eigenvalue weighted by Crippen LogP contribution is 2.07. The van der Waals surface area contributed by atoms with E-state index in [1.54, 1.807) is 6.92 Å². The van der Waals surface area contributed by atoms with Gasteiger partial charge in [-0.25, -0.2) is 4.79 Å². The number of primary amides is 1. The first-order valence-corrected chi connectivity index (χ1v) is 4.43. The maximum atomic E-state index is 10.8. The second-order valence-electron chi connectivity index (χ2n) is 2.22. The van der Waals surface area contributed by atoms with E-state index in [-0.39, 0.29) is 17.6 Å². The van der Waals surface area contributed by atoms with Crippen LogP contribution in [0.2, 0.25) is 0 Å². The molecule has 0 saturated heterocycles. The average molecular weight is 192 g/mol. The van der Waals surface area contributed by atoms with E-state index in [9.17, 15) is 9.59 Å². The maximum absolute atomic E-state index is 10.8. The molecule has 0 aliphatic rings. The van der Waals surface area contributed by atoms with Crippen molar-refractivity contribution in [3.05, 3.63) is 0 Å². The van der Waals surface area contributed by atoms with Crippen molar-refractivity contribution in [2.75, 3.05) is 12.4 Å². The fourth-order valence-electron chi connectivity index (χ4n) is 0.444. The van der Waals surface area contributed by atoms with Gasteiger partial charge in [-0.1, -0.05) is 6.92 Å². The summed E-state index contributed by atoms with van der Waals surface area (Å²) in [6.45, 7) is 1.79. The van der Waals surface area contributed by atoms with Crippen LogP contribution in [0.15, 0.2) is 0 Å². The molecule has 6 heteroatoms. The Morgan fingerprint density at radius 3 is 2.67 bits per heavy atom. The Balaban J connectivity index is 3.50. The Labute approximate surface area is 74.7 Å². The van der Waals surface area contributed by atoms with Gasteiger partial charge in [0.2, 0.25) is 5.91 Å². The predicted octanol–water partition coefficient (Wildman–Crippen LogP) is -0.705. The van der Waals surface area contributed by atoms with Gasteiger partial charge < -0.3 is 10.8 Å². The molecule has 3 amide bonds. The van der Waals surface area contributed by atoms with Gasteiger partial charge in [0.15, 0.2) is 0 Å². The van der Waals surface area contributed by atoms with Gasteiger partial charge >= 0.3 is 6.03 Å². The summed E-state index contributed by atoms with van der Waals surface area (Å²) in [6.07, 6.45) is 0. The zero-order valence-corrected chi connectivity index (χ0v) is 7.56. The van der Waals surface area contributed by atoms with Crippen LogP contribution in [0.4, 0.5) is 4.79 Å². The molecule has 0 aromatic carbocycles. The first-order valence-electron chi connectivity index (χ1n) is 3.38. The second kappa shape index (κ2) is 5.84. The number of nitrogens with one attached hydrogen (secondary N) is 1. The topological polar surface area (TPSA) is 92.4 Å². The van der Waals surface area contributed by atoms with Crippen molar-refractivity contribution in [1.29, 1.82) is 0 Å². The number of hydrogen-bond donors (Lipinski definition) is 3. The van der Waals surface area contributed by atoms with Gasteiger partial charge in [0.1, 0.15) is 0 Å². The number of rotatable bonds is 4. The standard InChI is InChI=1S/C6H12N2O3S/c1-4(2-9)12-3-5(10)8-6(7)11/h4,9H,2-3H2,1H3,(H3,7,8,10,11). The third-order valence-electron chi connectivity index (χ3n) is 1.02. The first kappa shape index (κ1) is 11.2. The third-order valence-corrected chi connectivity index (χ3v) is 2.17. The Bertz CT molecular complexity index is 174. The van der Waals surface area contributed by atoms with Crippen LogP contribution in [0.25, 0.3) is 0 Å². The van der Waals surface area contributed by atoms with E-state index in [0.29, 0.717) is 0 Å². The molecule has 0 aliphatic heterocycles.